The van der Waals surface area contributed by atoms with Crippen LogP contribution in [0.5, 0.6) is 17.2 Å². The molecule has 2 atom stereocenters. The molecular formula is C33H37N3O8S. The lowest BCUT2D eigenvalue weighted by Gasteiger charge is -2.23. The topological polar surface area (TPSA) is 164 Å². The number of carbonyl (C=O) groups excluding carboxylic acids is 4. The van der Waals surface area contributed by atoms with Crippen LogP contribution in [-0.4, -0.2) is 58.5 Å². The van der Waals surface area contributed by atoms with Gasteiger partial charge in [-0.05, 0) is 61.9 Å². The second-order valence-corrected chi connectivity index (χ2v) is 11.7. The first-order valence-electron chi connectivity index (χ1n) is 14.7. The van der Waals surface area contributed by atoms with Crippen LogP contribution in [0.15, 0.2) is 48.0 Å². The maximum Gasteiger partial charge on any atom is 0.342 e. The minimum atomic E-state index is -0.920. The van der Waals surface area contributed by atoms with Crippen molar-refractivity contribution in [2.75, 3.05) is 19.0 Å². The molecule has 0 saturated heterocycles. The molecule has 0 spiro atoms. The third-order valence-electron chi connectivity index (χ3n) is 7.43. The Labute approximate surface area is 265 Å². The van der Waals surface area contributed by atoms with Gasteiger partial charge in [-0.15, -0.1) is 11.3 Å². The molecule has 0 fully saturated rings. The Hall–Kier alpha value is -4.71. The van der Waals surface area contributed by atoms with Gasteiger partial charge in [0.05, 0.1) is 19.8 Å². The Balaban J connectivity index is 1.69. The van der Waals surface area contributed by atoms with Crippen LogP contribution in [0.1, 0.15) is 84.8 Å². The van der Waals surface area contributed by atoms with Gasteiger partial charge in [-0.25, -0.2) is 9.78 Å². The van der Waals surface area contributed by atoms with Crippen molar-refractivity contribution in [1.82, 2.24) is 10.3 Å². The minimum absolute atomic E-state index is 0.0361. The number of methoxy groups -OCH3 is 1. The fourth-order valence-corrected chi connectivity index (χ4v) is 5.67. The molecule has 4 N–H and O–H groups in total. The highest BCUT2D eigenvalue weighted by Gasteiger charge is 2.31. The molecule has 12 heteroatoms. The molecule has 0 saturated carbocycles. The van der Waals surface area contributed by atoms with Gasteiger partial charge in [0.15, 0.2) is 5.13 Å². The Morgan fingerprint density at radius 1 is 1.13 bits per heavy atom. The fraction of sp³-hybridized carbons (Fsp3) is 0.364. The molecule has 238 valence electrons. The van der Waals surface area contributed by atoms with Crippen molar-refractivity contribution in [1.29, 1.82) is 0 Å². The van der Waals surface area contributed by atoms with E-state index in [4.69, 9.17) is 9.47 Å². The number of nitrogens with one attached hydrogen (secondary N) is 2. The van der Waals surface area contributed by atoms with Crippen LogP contribution >= 0.6 is 11.3 Å². The summed E-state index contributed by atoms with van der Waals surface area (Å²) in [6.45, 7) is 1.40. The summed E-state index contributed by atoms with van der Waals surface area (Å²) in [6.07, 6.45) is 7.22. The number of aromatic hydroxyl groups is 2. The molecule has 1 aliphatic heterocycles. The summed E-state index contributed by atoms with van der Waals surface area (Å²) in [5.41, 5.74) is 0.615. The van der Waals surface area contributed by atoms with Crippen molar-refractivity contribution in [2.45, 2.75) is 63.9 Å². The van der Waals surface area contributed by atoms with Gasteiger partial charge in [0.1, 0.15) is 28.6 Å². The Morgan fingerprint density at radius 2 is 1.89 bits per heavy atom. The van der Waals surface area contributed by atoms with E-state index < -0.39 is 35.6 Å². The van der Waals surface area contributed by atoms with Gasteiger partial charge < -0.3 is 30.3 Å². The Kier molecular flexibility index (Phi) is 11.7. The largest absolute Gasteiger partial charge is 0.507 e. The lowest BCUT2D eigenvalue weighted by Crippen LogP contribution is -2.33. The van der Waals surface area contributed by atoms with Crippen LogP contribution in [-0.2, 0) is 19.1 Å². The second-order valence-electron chi connectivity index (χ2n) is 10.8. The van der Waals surface area contributed by atoms with Crippen LogP contribution in [0.4, 0.5) is 5.13 Å². The van der Waals surface area contributed by atoms with Crippen molar-refractivity contribution in [3.05, 3.63) is 70.2 Å². The zero-order valence-corrected chi connectivity index (χ0v) is 26.0. The number of hydrogen-bond acceptors (Lipinski definition) is 10. The van der Waals surface area contributed by atoms with Crippen molar-refractivity contribution in [2.24, 2.45) is 0 Å². The van der Waals surface area contributed by atoms with E-state index in [2.05, 4.69) is 15.6 Å². The van der Waals surface area contributed by atoms with Crippen molar-refractivity contribution in [3.8, 4) is 17.2 Å². The quantitative estimate of drug-likeness (QED) is 0.240. The summed E-state index contributed by atoms with van der Waals surface area (Å²) in [4.78, 5) is 55.1. The lowest BCUT2D eigenvalue weighted by atomic mass is 9.84. The molecule has 2 heterocycles. The molecule has 2 amide bonds. The van der Waals surface area contributed by atoms with Crippen LogP contribution in [0, 0.1) is 0 Å². The number of phenolic OH excluding ortho intramolecular Hbond substituents is 2. The number of fused-ring (bicyclic) bond motifs is 1. The first kappa shape index (κ1) is 33.2. The molecule has 1 aliphatic rings. The molecule has 0 aliphatic carbocycles. The summed E-state index contributed by atoms with van der Waals surface area (Å²) in [7, 11) is 1.51. The van der Waals surface area contributed by atoms with Crippen LogP contribution in [0.25, 0.3) is 6.08 Å². The molecule has 4 rings (SSSR count). The van der Waals surface area contributed by atoms with Crippen molar-refractivity contribution in [3.63, 3.8) is 0 Å². The number of anilines is 1. The number of amides is 2. The number of carbonyl (C=O) groups is 4. The summed E-state index contributed by atoms with van der Waals surface area (Å²) in [5, 5.41) is 30.2. The average Bonchev–Trinajstić information content (AvgIpc) is 3.51. The van der Waals surface area contributed by atoms with Crippen LogP contribution < -0.4 is 15.4 Å². The molecule has 1 unspecified atom stereocenters. The molecule has 3 aromatic rings. The van der Waals surface area contributed by atoms with E-state index in [9.17, 15) is 29.4 Å². The standard InChI is InChI=1S/C33H37N3O8S/c1-20-7-6-10-23(37)9-5-3-4-8-22-17-26(38)30(31(41)29(22)32(42)44-20)25(21-11-13-24(43-2)14-12-21)18-27(39)35-19-28(40)36-33-34-15-16-45-33/h4,8,11-17,20,25,38,41H,3,5-7,9-10,18-19H2,1-2H3,(H,35,39)(H,34,36,40)/t20-,25?/m0/s1. The maximum atomic E-state index is 13.5. The first-order chi connectivity index (χ1) is 21.7. The number of hydrogen-bond donors (Lipinski definition) is 4. The highest BCUT2D eigenvalue weighted by Crippen LogP contribution is 2.44. The van der Waals surface area contributed by atoms with E-state index in [0.717, 1.165) is 0 Å². The molecule has 45 heavy (non-hydrogen) atoms. The highest BCUT2D eigenvalue weighted by atomic mass is 32.1. The number of nitrogens with zero attached hydrogens (tertiary/aromatic N) is 1. The number of cyclic esters (lactones) is 1. The summed E-state index contributed by atoms with van der Waals surface area (Å²) in [5.74, 6) is -2.83. The summed E-state index contributed by atoms with van der Waals surface area (Å²) >= 11 is 1.24. The number of esters is 1. The number of allylic oxidation sites excluding steroid dienone is 1. The highest BCUT2D eigenvalue weighted by molar-refractivity contribution is 7.13. The number of rotatable bonds is 8. The minimum Gasteiger partial charge on any atom is -0.507 e. The average molecular weight is 636 g/mol. The molecular weight excluding hydrogens is 598 g/mol. The third kappa shape index (κ3) is 9.15. The van der Waals surface area contributed by atoms with E-state index in [1.165, 1.54) is 24.5 Å². The van der Waals surface area contributed by atoms with Crippen molar-refractivity contribution < 1.29 is 38.9 Å². The van der Waals surface area contributed by atoms with E-state index in [1.54, 1.807) is 54.9 Å². The van der Waals surface area contributed by atoms with Gasteiger partial charge in [0.25, 0.3) is 0 Å². The van der Waals surface area contributed by atoms with Gasteiger partial charge in [0.2, 0.25) is 11.8 Å². The number of phenols is 2. The third-order valence-corrected chi connectivity index (χ3v) is 8.12. The molecule has 0 radical (unpaired) electrons. The molecule has 2 aromatic carbocycles. The number of ether oxygens (including phenoxy) is 2. The fourth-order valence-electron chi connectivity index (χ4n) is 5.13. The van der Waals surface area contributed by atoms with E-state index in [0.29, 0.717) is 55.0 Å². The SMILES string of the molecule is COc1ccc(C(CC(=O)NCC(=O)Nc2nccs2)c2c(O)cc3c(c2O)C(=O)O[C@@H](C)CCCC(=O)CCCC=C3)cc1. The molecule has 11 nitrogen and oxygen atoms in total. The van der Waals surface area contributed by atoms with Gasteiger partial charge in [-0.1, -0.05) is 24.3 Å². The Morgan fingerprint density at radius 3 is 2.60 bits per heavy atom. The van der Waals surface area contributed by atoms with Gasteiger partial charge in [-0.2, -0.15) is 0 Å². The van der Waals surface area contributed by atoms with Crippen LogP contribution in [0.2, 0.25) is 0 Å². The summed E-state index contributed by atoms with van der Waals surface area (Å²) < 4.78 is 10.9. The normalized spacial score (nSPS) is 16.5. The predicted octanol–water partition coefficient (Wildman–Crippen LogP) is 5.32. The number of Topliss-reactive ketones (excluding diaryl/α,β-unsaturated/α-hetero) is 1. The number of benzene rings is 2. The number of ketones is 1. The second kappa shape index (κ2) is 15.8. The monoisotopic (exact) mass is 635 g/mol. The zero-order valence-electron chi connectivity index (χ0n) is 25.2. The summed E-state index contributed by atoms with van der Waals surface area (Å²) in [6, 6.07) is 8.10. The van der Waals surface area contributed by atoms with E-state index >= 15 is 0 Å². The smallest absolute Gasteiger partial charge is 0.342 e. The first-order valence-corrected chi connectivity index (χ1v) is 15.6. The number of aromatic nitrogens is 1. The van der Waals surface area contributed by atoms with Gasteiger partial charge >= 0.3 is 5.97 Å². The van der Waals surface area contributed by atoms with Gasteiger partial charge in [-0.3, -0.25) is 14.4 Å². The van der Waals surface area contributed by atoms with Crippen LogP contribution in [0.3, 0.4) is 0 Å². The van der Waals surface area contributed by atoms with Gasteiger partial charge in [0, 0.05) is 42.3 Å². The van der Waals surface area contributed by atoms with E-state index in [-0.39, 0.29) is 41.2 Å². The predicted molar refractivity (Wildman–Crippen MR) is 170 cm³/mol. The lowest BCUT2D eigenvalue weighted by molar-refractivity contribution is -0.124. The van der Waals surface area contributed by atoms with E-state index in [1.807, 2.05) is 0 Å². The zero-order chi connectivity index (χ0) is 32.3. The Bertz CT molecular complexity index is 1540. The maximum absolute atomic E-state index is 13.5. The number of thiazole rings is 1. The molecule has 0 bridgehead atoms. The van der Waals surface area contributed by atoms with Crippen molar-refractivity contribution >= 4 is 46.1 Å². The molecule has 1 aromatic heterocycles.